The van der Waals surface area contributed by atoms with Gasteiger partial charge in [0, 0.05) is 49.3 Å². The zero-order valence-corrected chi connectivity index (χ0v) is 15.5. The van der Waals surface area contributed by atoms with E-state index in [1.807, 2.05) is 17.9 Å². The Morgan fingerprint density at radius 3 is 2.93 bits per heavy atom. The monoisotopic (exact) mass is 377 g/mol. The summed E-state index contributed by atoms with van der Waals surface area (Å²) < 4.78 is 4.73. The Kier molecular flexibility index (Phi) is 4.61. The second-order valence-electron chi connectivity index (χ2n) is 6.87. The molecule has 3 aromatic rings. The van der Waals surface area contributed by atoms with Gasteiger partial charge < -0.3 is 10.6 Å². The van der Waals surface area contributed by atoms with E-state index < -0.39 is 0 Å². The average Bonchev–Trinajstić information content (AvgIpc) is 3.05. The molecule has 4 heterocycles. The van der Waals surface area contributed by atoms with Crippen LogP contribution >= 0.6 is 0 Å². The number of carbonyl (C=O) groups is 1. The van der Waals surface area contributed by atoms with Gasteiger partial charge in [0.25, 0.3) is 0 Å². The third-order valence-corrected chi connectivity index (χ3v) is 5.02. The molecule has 1 saturated heterocycles. The molecule has 0 saturated carbocycles. The number of fused-ring (bicyclic) bond motifs is 1. The summed E-state index contributed by atoms with van der Waals surface area (Å²) in [6.45, 7) is 3.13. The van der Waals surface area contributed by atoms with Gasteiger partial charge in [0.1, 0.15) is 17.7 Å². The van der Waals surface area contributed by atoms with E-state index in [-0.39, 0.29) is 5.78 Å². The first-order valence-electron chi connectivity index (χ1n) is 9.10. The molecular formula is C19H19N7O2. The summed E-state index contributed by atoms with van der Waals surface area (Å²) in [7, 11) is 0. The molecule has 0 bridgehead atoms. The summed E-state index contributed by atoms with van der Waals surface area (Å²) in [6.07, 6.45) is 2.26. The largest absolute Gasteiger partial charge is 0.396 e. The summed E-state index contributed by atoms with van der Waals surface area (Å²) in [6, 6.07) is 5.78. The van der Waals surface area contributed by atoms with Crippen molar-refractivity contribution in [3.63, 3.8) is 0 Å². The van der Waals surface area contributed by atoms with Gasteiger partial charge in [0.15, 0.2) is 5.52 Å². The maximum atomic E-state index is 11.7. The summed E-state index contributed by atoms with van der Waals surface area (Å²) >= 11 is 0. The Balaban J connectivity index is 1.70. The molecule has 0 radical (unpaired) electrons. The van der Waals surface area contributed by atoms with Crippen LogP contribution in [0.1, 0.15) is 41.8 Å². The number of carbonyl (C=O) groups excluding carboxylic acids is 1. The fraction of sp³-hybridized carbons (Fsp3) is 0.368. The number of ketones is 1. The van der Waals surface area contributed by atoms with Gasteiger partial charge in [-0.2, -0.15) is 5.26 Å². The van der Waals surface area contributed by atoms with Gasteiger partial charge >= 0.3 is 0 Å². The Morgan fingerprint density at radius 1 is 1.25 bits per heavy atom. The second kappa shape index (κ2) is 7.23. The highest BCUT2D eigenvalue weighted by atomic mass is 16.6. The molecule has 9 heteroatoms. The van der Waals surface area contributed by atoms with Crippen molar-refractivity contribution in [2.75, 3.05) is 23.7 Å². The predicted octanol–water partition coefficient (Wildman–Crippen LogP) is 1.93. The number of nitriles is 1. The first-order chi connectivity index (χ1) is 13.6. The zero-order chi connectivity index (χ0) is 19.7. The summed E-state index contributed by atoms with van der Waals surface area (Å²) in [4.78, 5) is 22.9. The highest BCUT2D eigenvalue weighted by Crippen LogP contribution is 2.27. The van der Waals surface area contributed by atoms with Crippen molar-refractivity contribution in [1.29, 1.82) is 5.26 Å². The molecule has 3 aromatic heterocycles. The lowest BCUT2D eigenvalue weighted by Gasteiger charge is -2.22. The normalized spacial score (nSPS) is 14.9. The molecule has 2 N–H and O–H groups in total. The molecule has 0 aromatic carbocycles. The van der Waals surface area contributed by atoms with Crippen LogP contribution in [-0.4, -0.2) is 39.2 Å². The number of hydrogen-bond acceptors (Lipinski definition) is 9. The Bertz CT molecular complexity index is 1100. The first kappa shape index (κ1) is 17.9. The molecule has 0 unspecified atom stereocenters. The van der Waals surface area contributed by atoms with Crippen LogP contribution in [-0.2, 0) is 11.2 Å². The molecule has 0 spiro atoms. The number of pyridine rings is 2. The third kappa shape index (κ3) is 3.24. The first-order valence-corrected chi connectivity index (χ1v) is 9.10. The fourth-order valence-electron chi connectivity index (χ4n) is 3.49. The van der Waals surface area contributed by atoms with E-state index in [0.29, 0.717) is 60.6 Å². The van der Waals surface area contributed by atoms with E-state index in [2.05, 4.69) is 21.4 Å². The number of nitrogens with two attached hydrogens (primary N) is 1. The Hall–Kier alpha value is -3.54. The van der Waals surface area contributed by atoms with Crippen LogP contribution in [0.2, 0.25) is 0 Å². The number of aromatic nitrogens is 4. The number of rotatable bonds is 3. The number of nitrogens with zero attached hydrogens (tertiary/aromatic N) is 6. The van der Waals surface area contributed by atoms with Crippen molar-refractivity contribution >= 4 is 28.5 Å². The number of nitrogen functional groups attached to an aromatic ring is 1. The van der Waals surface area contributed by atoms with Crippen molar-refractivity contribution < 1.29 is 9.42 Å². The van der Waals surface area contributed by atoms with Gasteiger partial charge in [-0.3, -0.25) is 4.79 Å². The van der Waals surface area contributed by atoms with Crippen molar-refractivity contribution in [3.05, 3.63) is 34.6 Å². The minimum Gasteiger partial charge on any atom is -0.396 e. The third-order valence-electron chi connectivity index (χ3n) is 5.02. The lowest BCUT2D eigenvalue weighted by atomic mass is 10.0. The van der Waals surface area contributed by atoms with E-state index in [0.717, 1.165) is 23.4 Å². The maximum Gasteiger partial charge on any atom is 0.226 e. The zero-order valence-electron chi connectivity index (χ0n) is 15.5. The van der Waals surface area contributed by atoms with E-state index in [1.54, 1.807) is 6.07 Å². The van der Waals surface area contributed by atoms with Crippen molar-refractivity contribution in [1.82, 2.24) is 20.3 Å². The molecule has 142 valence electrons. The van der Waals surface area contributed by atoms with Crippen LogP contribution in [0, 0.1) is 18.3 Å². The maximum absolute atomic E-state index is 11.7. The van der Waals surface area contributed by atoms with E-state index in [9.17, 15) is 10.1 Å². The van der Waals surface area contributed by atoms with Gasteiger partial charge in [-0.15, -0.1) is 0 Å². The molecule has 0 atom stereocenters. The minimum atomic E-state index is 0.251. The minimum absolute atomic E-state index is 0.251. The molecule has 28 heavy (non-hydrogen) atoms. The number of Topliss-reactive ketones (excluding diaryl/α,β-unsaturated/α-hetero) is 1. The highest BCUT2D eigenvalue weighted by molar-refractivity contribution is 5.85. The molecule has 9 nitrogen and oxygen atoms in total. The van der Waals surface area contributed by atoms with Gasteiger partial charge in [-0.25, -0.2) is 14.6 Å². The van der Waals surface area contributed by atoms with Crippen LogP contribution in [0.25, 0.3) is 11.2 Å². The number of hydrogen-bond donors (Lipinski definition) is 1. The van der Waals surface area contributed by atoms with Gasteiger partial charge in [-0.05, 0) is 35.8 Å². The lowest BCUT2D eigenvalue weighted by Crippen LogP contribution is -2.26. The van der Waals surface area contributed by atoms with Gasteiger partial charge in [0.2, 0.25) is 5.65 Å². The van der Waals surface area contributed by atoms with E-state index >= 15 is 0 Å². The fourth-order valence-corrected chi connectivity index (χ4v) is 3.49. The SMILES string of the molecule is Cc1nc2nonc2c(N)c1Cc1ccc(C#N)c(N2CCCC(=O)CC2)n1. The van der Waals surface area contributed by atoms with Gasteiger partial charge in [-0.1, -0.05) is 0 Å². The summed E-state index contributed by atoms with van der Waals surface area (Å²) in [5.41, 5.74) is 10.3. The molecule has 0 aliphatic carbocycles. The molecule has 4 rings (SSSR count). The van der Waals surface area contributed by atoms with E-state index in [4.69, 9.17) is 15.3 Å². The second-order valence-corrected chi connectivity index (χ2v) is 6.87. The summed E-state index contributed by atoms with van der Waals surface area (Å²) in [5, 5.41) is 17.1. The Morgan fingerprint density at radius 2 is 2.11 bits per heavy atom. The predicted molar refractivity (Wildman–Crippen MR) is 102 cm³/mol. The topological polar surface area (TPSA) is 135 Å². The summed E-state index contributed by atoms with van der Waals surface area (Å²) in [5.74, 6) is 0.865. The number of anilines is 2. The molecule has 1 aliphatic rings. The molecular weight excluding hydrogens is 358 g/mol. The standard InChI is InChI=1S/C19H19N7O2/c1-11-15(16(21)17-18(22-11)25-28-24-17)9-13-5-4-12(10-20)19(23-13)26-7-2-3-14(27)6-8-26/h4-5H,2-3,6-9,21H2,1H3. The van der Waals surface area contributed by atoms with Crippen LogP contribution in [0.3, 0.4) is 0 Å². The average molecular weight is 377 g/mol. The molecule has 1 fully saturated rings. The van der Waals surface area contributed by atoms with Crippen molar-refractivity contribution in [3.8, 4) is 6.07 Å². The lowest BCUT2D eigenvalue weighted by molar-refractivity contribution is -0.118. The van der Waals surface area contributed by atoms with Crippen molar-refractivity contribution in [2.45, 2.75) is 32.6 Å². The van der Waals surface area contributed by atoms with Crippen LogP contribution in [0.4, 0.5) is 11.5 Å². The molecule has 0 amide bonds. The van der Waals surface area contributed by atoms with Crippen LogP contribution < -0.4 is 10.6 Å². The Labute approximate surface area is 161 Å². The molecule has 1 aliphatic heterocycles. The van der Waals surface area contributed by atoms with Crippen LogP contribution in [0.5, 0.6) is 0 Å². The van der Waals surface area contributed by atoms with Gasteiger partial charge in [0.05, 0.1) is 11.3 Å². The van der Waals surface area contributed by atoms with E-state index in [1.165, 1.54) is 0 Å². The number of aryl methyl sites for hydroxylation is 1. The van der Waals surface area contributed by atoms with Crippen molar-refractivity contribution in [2.24, 2.45) is 0 Å². The van der Waals surface area contributed by atoms with Crippen LogP contribution in [0.15, 0.2) is 16.8 Å². The quantitative estimate of drug-likeness (QED) is 0.726. The highest BCUT2D eigenvalue weighted by Gasteiger charge is 2.20. The smallest absolute Gasteiger partial charge is 0.226 e.